The number of hydrogen-bond donors (Lipinski definition) is 0. The van der Waals surface area contributed by atoms with Crippen molar-refractivity contribution in [3.05, 3.63) is 41.1 Å². The van der Waals surface area contributed by atoms with Crippen LogP contribution in [0.3, 0.4) is 0 Å². The van der Waals surface area contributed by atoms with Gasteiger partial charge in [0.25, 0.3) is 5.91 Å². The number of hydrogen-bond acceptors (Lipinski definition) is 4. The maximum absolute atomic E-state index is 12.4. The molecule has 118 valence electrons. The Balaban J connectivity index is 1.68. The molecule has 0 radical (unpaired) electrons. The van der Waals surface area contributed by atoms with Crippen LogP contribution in [0.15, 0.2) is 22.6 Å². The van der Waals surface area contributed by atoms with E-state index in [1.54, 1.807) is 6.07 Å². The Morgan fingerprint density at radius 2 is 1.95 bits per heavy atom. The predicted octanol–water partition coefficient (Wildman–Crippen LogP) is 1.53. The van der Waals surface area contributed by atoms with E-state index < -0.39 is 0 Å². The summed E-state index contributed by atoms with van der Waals surface area (Å²) in [6.45, 7) is 7.85. The van der Waals surface area contributed by atoms with Gasteiger partial charge >= 0.3 is 0 Å². The summed E-state index contributed by atoms with van der Waals surface area (Å²) in [7, 11) is 2.07. The van der Waals surface area contributed by atoms with Crippen LogP contribution in [-0.4, -0.2) is 58.7 Å². The Bertz CT molecular complexity index is 665. The zero-order chi connectivity index (χ0) is 15.7. The lowest BCUT2D eigenvalue weighted by Gasteiger charge is -2.31. The summed E-state index contributed by atoms with van der Waals surface area (Å²) < 4.78 is 7.62. The summed E-state index contributed by atoms with van der Waals surface area (Å²) in [5.41, 5.74) is 2.07. The van der Waals surface area contributed by atoms with E-state index in [9.17, 15) is 4.79 Å². The molecule has 1 fully saturated rings. The fourth-order valence-electron chi connectivity index (χ4n) is 2.73. The minimum Gasteiger partial charge on any atom is -0.454 e. The molecule has 1 amide bonds. The normalized spacial score (nSPS) is 16.2. The Hall–Kier alpha value is -2.08. The van der Waals surface area contributed by atoms with Crippen LogP contribution in [0.25, 0.3) is 0 Å². The number of nitrogens with zero attached hydrogens (tertiary/aromatic N) is 4. The van der Waals surface area contributed by atoms with Crippen LogP contribution in [-0.2, 0) is 6.54 Å². The molecule has 0 N–H and O–H groups in total. The monoisotopic (exact) mass is 302 g/mol. The molecular weight excluding hydrogens is 280 g/mol. The molecule has 2 aromatic rings. The number of carbonyl (C=O) groups excluding carboxylic acids is 1. The highest BCUT2D eigenvalue weighted by molar-refractivity contribution is 5.91. The van der Waals surface area contributed by atoms with Gasteiger partial charge in [-0.15, -0.1) is 0 Å². The van der Waals surface area contributed by atoms with Crippen molar-refractivity contribution in [2.24, 2.45) is 0 Å². The van der Waals surface area contributed by atoms with E-state index in [-0.39, 0.29) is 5.91 Å². The second-order valence-corrected chi connectivity index (χ2v) is 5.95. The van der Waals surface area contributed by atoms with Crippen LogP contribution in [0.4, 0.5) is 0 Å². The topological polar surface area (TPSA) is 54.5 Å². The van der Waals surface area contributed by atoms with Crippen LogP contribution in [0.5, 0.6) is 0 Å². The van der Waals surface area contributed by atoms with Crippen molar-refractivity contribution >= 4 is 5.91 Å². The largest absolute Gasteiger partial charge is 0.454 e. The molecule has 22 heavy (non-hydrogen) atoms. The van der Waals surface area contributed by atoms with E-state index in [0.717, 1.165) is 43.3 Å². The molecule has 3 rings (SSSR count). The summed E-state index contributed by atoms with van der Waals surface area (Å²) in [4.78, 5) is 16.5. The van der Waals surface area contributed by atoms with Gasteiger partial charge in [0.05, 0.1) is 12.2 Å². The van der Waals surface area contributed by atoms with E-state index >= 15 is 0 Å². The zero-order valence-electron chi connectivity index (χ0n) is 13.4. The van der Waals surface area contributed by atoms with Gasteiger partial charge in [-0.2, -0.15) is 5.10 Å². The third-order valence-electron chi connectivity index (χ3n) is 4.07. The van der Waals surface area contributed by atoms with Gasteiger partial charge in [-0.25, -0.2) is 0 Å². The maximum Gasteiger partial charge on any atom is 0.289 e. The minimum atomic E-state index is -0.0206. The lowest BCUT2D eigenvalue weighted by Crippen LogP contribution is -2.47. The van der Waals surface area contributed by atoms with Gasteiger partial charge in [-0.3, -0.25) is 9.48 Å². The van der Waals surface area contributed by atoms with Crippen LogP contribution in [0.2, 0.25) is 0 Å². The summed E-state index contributed by atoms with van der Waals surface area (Å²) in [6, 6.07) is 5.65. The molecule has 0 aromatic carbocycles. The van der Waals surface area contributed by atoms with Crippen LogP contribution in [0, 0.1) is 13.8 Å². The lowest BCUT2D eigenvalue weighted by atomic mass is 10.3. The number of carbonyl (C=O) groups is 1. The molecule has 1 saturated heterocycles. The van der Waals surface area contributed by atoms with E-state index in [1.165, 1.54) is 0 Å². The van der Waals surface area contributed by atoms with Gasteiger partial charge < -0.3 is 14.2 Å². The van der Waals surface area contributed by atoms with Gasteiger partial charge in [0.15, 0.2) is 5.76 Å². The number of aryl methyl sites for hydroxylation is 2. The zero-order valence-corrected chi connectivity index (χ0v) is 13.4. The quantitative estimate of drug-likeness (QED) is 0.863. The fourth-order valence-corrected chi connectivity index (χ4v) is 2.73. The molecule has 3 heterocycles. The van der Waals surface area contributed by atoms with Crippen LogP contribution >= 0.6 is 0 Å². The second-order valence-electron chi connectivity index (χ2n) is 5.95. The van der Waals surface area contributed by atoms with Gasteiger partial charge in [-0.05, 0) is 39.1 Å². The minimum absolute atomic E-state index is 0.0206. The summed E-state index contributed by atoms with van der Waals surface area (Å²) in [5.74, 6) is 1.15. The first-order chi connectivity index (χ1) is 10.5. The molecule has 6 nitrogen and oxygen atoms in total. The molecule has 0 aliphatic carbocycles. The number of piperazine rings is 1. The lowest BCUT2D eigenvalue weighted by molar-refractivity contribution is 0.0630. The van der Waals surface area contributed by atoms with Crippen molar-refractivity contribution in [3.8, 4) is 0 Å². The highest BCUT2D eigenvalue weighted by Gasteiger charge is 2.22. The number of likely N-dealkylation sites (N-methyl/N-ethyl adjacent to an activating group) is 1. The molecule has 0 bridgehead atoms. The van der Waals surface area contributed by atoms with Crippen molar-refractivity contribution in [1.29, 1.82) is 0 Å². The molecule has 0 unspecified atom stereocenters. The van der Waals surface area contributed by atoms with E-state index in [4.69, 9.17) is 4.42 Å². The molecule has 6 heteroatoms. The second kappa shape index (κ2) is 5.96. The number of amides is 1. The number of rotatable bonds is 3. The predicted molar refractivity (Wildman–Crippen MR) is 82.9 cm³/mol. The molecular formula is C16H22N4O2. The average molecular weight is 302 g/mol. The summed E-state index contributed by atoms with van der Waals surface area (Å²) in [5, 5.41) is 4.41. The standard InChI is InChI=1S/C16H22N4O2/c1-12-10-13(2)20(17-12)11-14-4-5-15(22-14)16(21)19-8-6-18(3)7-9-19/h4-5,10H,6-9,11H2,1-3H3. The number of furan rings is 1. The Morgan fingerprint density at radius 3 is 2.59 bits per heavy atom. The Labute approximate surface area is 130 Å². The molecule has 0 saturated carbocycles. The average Bonchev–Trinajstić information content (AvgIpc) is 3.06. The van der Waals surface area contributed by atoms with Crippen molar-refractivity contribution in [2.45, 2.75) is 20.4 Å². The van der Waals surface area contributed by atoms with Gasteiger partial charge in [0, 0.05) is 31.9 Å². The van der Waals surface area contributed by atoms with Crippen molar-refractivity contribution in [3.63, 3.8) is 0 Å². The summed E-state index contributed by atoms with van der Waals surface area (Å²) in [6.07, 6.45) is 0. The smallest absolute Gasteiger partial charge is 0.289 e. The molecule has 0 spiro atoms. The number of aromatic nitrogens is 2. The maximum atomic E-state index is 12.4. The Morgan fingerprint density at radius 1 is 1.23 bits per heavy atom. The summed E-state index contributed by atoms with van der Waals surface area (Å²) >= 11 is 0. The van der Waals surface area contributed by atoms with Gasteiger partial charge in [0.1, 0.15) is 5.76 Å². The van der Waals surface area contributed by atoms with E-state index in [1.807, 2.05) is 35.6 Å². The van der Waals surface area contributed by atoms with Gasteiger partial charge in [0.2, 0.25) is 0 Å². The van der Waals surface area contributed by atoms with Crippen molar-refractivity contribution < 1.29 is 9.21 Å². The first kappa shape index (κ1) is 14.8. The Kier molecular flexibility index (Phi) is 4.02. The highest BCUT2D eigenvalue weighted by Crippen LogP contribution is 2.14. The molecule has 1 aliphatic rings. The first-order valence-corrected chi connectivity index (χ1v) is 7.60. The van der Waals surface area contributed by atoms with Crippen LogP contribution < -0.4 is 0 Å². The van der Waals surface area contributed by atoms with Crippen molar-refractivity contribution in [1.82, 2.24) is 19.6 Å². The van der Waals surface area contributed by atoms with E-state index in [0.29, 0.717) is 12.3 Å². The molecule has 2 aromatic heterocycles. The van der Waals surface area contributed by atoms with Crippen LogP contribution in [0.1, 0.15) is 27.7 Å². The molecule has 1 aliphatic heterocycles. The fraction of sp³-hybridized carbons (Fsp3) is 0.500. The van der Waals surface area contributed by atoms with Gasteiger partial charge in [-0.1, -0.05) is 0 Å². The highest BCUT2D eigenvalue weighted by atomic mass is 16.4. The molecule has 0 atom stereocenters. The van der Waals surface area contributed by atoms with Crippen molar-refractivity contribution in [2.75, 3.05) is 33.2 Å². The first-order valence-electron chi connectivity index (χ1n) is 7.60. The van der Waals surface area contributed by atoms with E-state index in [2.05, 4.69) is 17.0 Å². The third-order valence-corrected chi connectivity index (χ3v) is 4.07. The SMILES string of the molecule is Cc1cc(C)n(Cc2ccc(C(=O)N3CCN(C)CC3)o2)n1. The third kappa shape index (κ3) is 3.06.